The SMILES string of the molecule is CCCCCCCC[Si](OCCCCC)(OCCCCC)OCCCCC. The highest BCUT2D eigenvalue weighted by Gasteiger charge is 2.40. The molecule has 4 heteroatoms. The van der Waals surface area contributed by atoms with Gasteiger partial charge in [-0.25, -0.2) is 0 Å². The summed E-state index contributed by atoms with van der Waals surface area (Å²) in [5.41, 5.74) is 0. The Labute approximate surface area is 172 Å². The third kappa shape index (κ3) is 16.7. The van der Waals surface area contributed by atoms with Gasteiger partial charge in [-0.2, -0.15) is 0 Å². The van der Waals surface area contributed by atoms with Gasteiger partial charge in [-0.1, -0.05) is 98.3 Å². The molecule has 0 fully saturated rings. The molecule has 0 atom stereocenters. The van der Waals surface area contributed by atoms with E-state index in [1.54, 1.807) is 0 Å². The molecule has 0 aliphatic carbocycles. The van der Waals surface area contributed by atoms with Crippen LogP contribution in [0.2, 0.25) is 6.04 Å². The van der Waals surface area contributed by atoms with Crippen LogP contribution >= 0.6 is 0 Å². The predicted octanol–water partition coefficient (Wildman–Crippen LogP) is 7.91. The second kappa shape index (κ2) is 20.8. The van der Waals surface area contributed by atoms with Gasteiger partial charge in [-0.15, -0.1) is 0 Å². The molecule has 0 rings (SSSR count). The fraction of sp³-hybridized carbons (Fsp3) is 1.00. The van der Waals surface area contributed by atoms with Gasteiger partial charge in [-0.3, -0.25) is 0 Å². The summed E-state index contributed by atoms with van der Waals surface area (Å²) in [6.45, 7) is 11.4. The maximum absolute atomic E-state index is 6.41. The zero-order valence-electron chi connectivity index (χ0n) is 19.2. The first-order valence-corrected chi connectivity index (χ1v) is 14.1. The van der Waals surface area contributed by atoms with Crippen molar-refractivity contribution in [2.75, 3.05) is 19.8 Å². The Morgan fingerprint density at radius 2 is 0.741 bits per heavy atom. The monoisotopic (exact) mass is 402 g/mol. The second-order valence-electron chi connectivity index (χ2n) is 7.87. The Hall–Kier alpha value is 0.0969. The van der Waals surface area contributed by atoms with Crippen LogP contribution in [0.15, 0.2) is 0 Å². The maximum Gasteiger partial charge on any atom is 0.500 e. The van der Waals surface area contributed by atoms with Crippen molar-refractivity contribution in [1.29, 1.82) is 0 Å². The molecule has 0 spiro atoms. The van der Waals surface area contributed by atoms with Crippen molar-refractivity contribution in [3.05, 3.63) is 0 Å². The van der Waals surface area contributed by atoms with E-state index >= 15 is 0 Å². The molecule has 3 nitrogen and oxygen atoms in total. The molecular formula is C23H50O3Si. The number of rotatable bonds is 22. The lowest BCUT2D eigenvalue weighted by atomic mass is 10.1. The normalized spacial score (nSPS) is 12.0. The van der Waals surface area contributed by atoms with Crippen molar-refractivity contribution in [2.45, 2.75) is 130 Å². The minimum absolute atomic E-state index is 0.803. The van der Waals surface area contributed by atoms with Crippen LogP contribution in [-0.2, 0) is 13.3 Å². The van der Waals surface area contributed by atoms with Gasteiger partial charge in [0.1, 0.15) is 0 Å². The molecule has 0 aliphatic rings. The van der Waals surface area contributed by atoms with E-state index in [4.69, 9.17) is 13.3 Å². The van der Waals surface area contributed by atoms with Gasteiger partial charge >= 0.3 is 8.80 Å². The Kier molecular flexibility index (Phi) is 20.9. The Bertz CT molecular complexity index is 256. The van der Waals surface area contributed by atoms with Crippen molar-refractivity contribution >= 4 is 8.80 Å². The average molecular weight is 403 g/mol. The molecule has 0 aromatic carbocycles. The van der Waals surface area contributed by atoms with Gasteiger partial charge in [0.15, 0.2) is 0 Å². The van der Waals surface area contributed by atoms with E-state index in [0.717, 1.165) is 45.1 Å². The standard InChI is InChI=1S/C23H50O3Si/c1-5-9-13-14-15-19-23-27(24-20-16-10-6-2,25-21-17-11-7-3)26-22-18-12-8-4/h5-23H2,1-4H3. The van der Waals surface area contributed by atoms with E-state index < -0.39 is 8.80 Å². The highest BCUT2D eigenvalue weighted by molar-refractivity contribution is 6.60. The minimum atomic E-state index is -2.51. The largest absolute Gasteiger partial charge is 0.500 e. The third-order valence-corrected chi connectivity index (χ3v) is 7.94. The van der Waals surface area contributed by atoms with Gasteiger partial charge in [-0.05, 0) is 25.7 Å². The maximum atomic E-state index is 6.41. The molecule has 0 amide bonds. The molecule has 0 unspecified atom stereocenters. The van der Waals surface area contributed by atoms with Crippen molar-refractivity contribution in [3.63, 3.8) is 0 Å². The summed E-state index contributed by atoms with van der Waals surface area (Å²) < 4.78 is 19.2. The van der Waals surface area contributed by atoms with Gasteiger partial charge < -0.3 is 13.3 Å². The third-order valence-electron chi connectivity index (χ3n) is 5.05. The van der Waals surface area contributed by atoms with Crippen LogP contribution in [-0.4, -0.2) is 28.6 Å². The quantitative estimate of drug-likeness (QED) is 0.136. The smallest absolute Gasteiger partial charge is 0.373 e. The fourth-order valence-electron chi connectivity index (χ4n) is 3.20. The topological polar surface area (TPSA) is 27.7 Å². The molecule has 0 heterocycles. The van der Waals surface area contributed by atoms with Gasteiger partial charge in [0, 0.05) is 25.9 Å². The Morgan fingerprint density at radius 1 is 0.407 bits per heavy atom. The Morgan fingerprint density at radius 3 is 1.15 bits per heavy atom. The first kappa shape index (κ1) is 27.1. The average Bonchev–Trinajstić information content (AvgIpc) is 2.68. The molecule has 0 radical (unpaired) electrons. The molecule has 0 bridgehead atoms. The lowest BCUT2D eigenvalue weighted by Gasteiger charge is -2.30. The van der Waals surface area contributed by atoms with Crippen molar-refractivity contribution in [1.82, 2.24) is 0 Å². The lowest BCUT2D eigenvalue weighted by Crippen LogP contribution is -2.46. The zero-order chi connectivity index (χ0) is 20.1. The van der Waals surface area contributed by atoms with E-state index in [0.29, 0.717) is 0 Å². The van der Waals surface area contributed by atoms with E-state index in [2.05, 4.69) is 27.7 Å². The van der Waals surface area contributed by atoms with Gasteiger partial charge in [0.2, 0.25) is 0 Å². The van der Waals surface area contributed by atoms with Crippen molar-refractivity contribution in [3.8, 4) is 0 Å². The van der Waals surface area contributed by atoms with Gasteiger partial charge in [0.05, 0.1) is 0 Å². The summed E-state index contributed by atoms with van der Waals surface area (Å²) in [7, 11) is -2.51. The predicted molar refractivity (Wildman–Crippen MR) is 120 cm³/mol. The number of hydrogen-bond acceptors (Lipinski definition) is 3. The second-order valence-corrected chi connectivity index (χ2v) is 10.6. The summed E-state index contributed by atoms with van der Waals surface area (Å²) in [5, 5.41) is 0. The number of hydrogen-bond donors (Lipinski definition) is 0. The summed E-state index contributed by atoms with van der Waals surface area (Å²) in [6.07, 6.45) is 18.6. The zero-order valence-corrected chi connectivity index (χ0v) is 20.2. The highest BCUT2D eigenvalue weighted by Crippen LogP contribution is 2.22. The highest BCUT2D eigenvalue weighted by atomic mass is 28.4. The van der Waals surface area contributed by atoms with Crippen LogP contribution < -0.4 is 0 Å². The van der Waals surface area contributed by atoms with E-state index in [1.807, 2.05) is 0 Å². The van der Waals surface area contributed by atoms with Crippen LogP contribution in [0, 0.1) is 0 Å². The summed E-state index contributed by atoms with van der Waals surface area (Å²) in [6, 6.07) is 1.00. The first-order valence-electron chi connectivity index (χ1n) is 12.2. The fourth-order valence-corrected chi connectivity index (χ4v) is 5.93. The minimum Gasteiger partial charge on any atom is -0.373 e. The summed E-state index contributed by atoms with van der Waals surface area (Å²) in [4.78, 5) is 0. The summed E-state index contributed by atoms with van der Waals surface area (Å²) >= 11 is 0. The molecule has 0 aromatic rings. The first-order chi connectivity index (χ1) is 13.2. The molecular weight excluding hydrogens is 352 g/mol. The van der Waals surface area contributed by atoms with E-state index in [-0.39, 0.29) is 0 Å². The molecule has 0 N–H and O–H groups in total. The molecule has 0 aliphatic heterocycles. The molecule has 164 valence electrons. The molecule has 0 saturated heterocycles. The summed E-state index contributed by atoms with van der Waals surface area (Å²) in [5.74, 6) is 0. The Balaban J connectivity index is 4.61. The lowest BCUT2D eigenvalue weighted by molar-refractivity contribution is 0.0548. The van der Waals surface area contributed by atoms with Crippen LogP contribution in [0.4, 0.5) is 0 Å². The molecule has 0 aromatic heterocycles. The van der Waals surface area contributed by atoms with Crippen LogP contribution in [0.5, 0.6) is 0 Å². The molecule has 0 saturated carbocycles. The van der Waals surface area contributed by atoms with E-state index in [1.165, 1.54) is 77.0 Å². The van der Waals surface area contributed by atoms with Crippen LogP contribution in [0.25, 0.3) is 0 Å². The number of unbranched alkanes of at least 4 members (excludes halogenated alkanes) is 11. The van der Waals surface area contributed by atoms with Gasteiger partial charge in [0.25, 0.3) is 0 Å². The van der Waals surface area contributed by atoms with Crippen molar-refractivity contribution < 1.29 is 13.3 Å². The van der Waals surface area contributed by atoms with Crippen LogP contribution in [0.1, 0.15) is 124 Å². The molecule has 27 heavy (non-hydrogen) atoms. The van der Waals surface area contributed by atoms with Crippen molar-refractivity contribution in [2.24, 2.45) is 0 Å². The van der Waals surface area contributed by atoms with E-state index in [9.17, 15) is 0 Å². The van der Waals surface area contributed by atoms with Crippen LogP contribution in [0.3, 0.4) is 0 Å².